The van der Waals surface area contributed by atoms with Crippen LogP contribution in [-0.2, 0) is 9.59 Å². The second-order valence-electron chi connectivity index (χ2n) is 9.01. The number of carbonyl (C=O) groups is 3. The molecule has 0 bridgehead atoms. The minimum Gasteiger partial charge on any atom is -0.497 e. The third kappa shape index (κ3) is 8.45. The molecule has 42 heavy (non-hydrogen) atoms. The van der Waals surface area contributed by atoms with Crippen LogP contribution in [0, 0.1) is 5.82 Å². The maximum Gasteiger partial charge on any atom is 0.272 e. The van der Waals surface area contributed by atoms with E-state index in [-0.39, 0.29) is 16.6 Å². The molecule has 0 fully saturated rings. The van der Waals surface area contributed by atoms with E-state index in [0.717, 1.165) is 4.90 Å². The smallest absolute Gasteiger partial charge is 0.272 e. The Labute approximate surface area is 252 Å². The second-order valence-corrected chi connectivity index (χ2v) is 10.8. The molecule has 0 saturated carbocycles. The molecule has 10 heteroatoms. The van der Waals surface area contributed by atoms with Crippen LogP contribution in [0.1, 0.15) is 22.8 Å². The van der Waals surface area contributed by atoms with Crippen LogP contribution >= 0.6 is 23.4 Å². The summed E-state index contributed by atoms with van der Waals surface area (Å²) in [7, 11) is 1.55. The van der Waals surface area contributed by atoms with E-state index in [2.05, 4.69) is 16.0 Å². The molecule has 0 aliphatic heterocycles. The number of nitrogens with one attached hydrogen (secondary N) is 3. The lowest BCUT2D eigenvalue weighted by molar-refractivity contribution is -0.115. The molecule has 0 saturated heterocycles. The van der Waals surface area contributed by atoms with Crippen LogP contribution in [0.4, 0.5) is 15.8 Å². The quantitative estimate of drug-likeness (QED) is 0.134. The SMILES string of the molecule is COc1cccc(/C=C(\NC(=O)c2ccccc2)C(=O)Nc2ccc(SC(C)C(=O)Nc3ccc(F)c(Cl)c3)cc2)c1. The maximum absolute atomic E-state index is 13.4. The van der Waals surface area contributed by atoms with Crippen molar-refractivity contribution in [3.05, 3.63) is 125 Å². The molecule has 1 unspecified atom stereocenters. The van der Waals surface area contributed by atoms with Gasteiger partial charge in [0.15, 0.2) is 0 Å². The Balaban J connectivity index is 1.44. The maximum atomic E-state index is 13.4. The number of hydrogen-bond acceptors (Lipinski definition) is 5. The lowest BCUT2D eigenvalue weighted by Gasteiger charge is -2.14. The number of anilines is 2. The predicted molar refractivity (Wildman–Crippen MR) is 165 cm³/mol. The van der Waals surface area contributed by atoms with Gasteiger partial charge in [0.05, 0.1) is 17.4 Å². The number of rotatable bonds is 10. The molecule has 4 aromatic rings. The Morgan fingerprint density at radius 1 is 0.881 bits per heavy atom. The van der Waals surface area contributed by atoms with E-state index in [1.807, 2.05) is 0 Å². The van der Waals surface area contributed by atoms with E-state index in [1.54, 1.807) is 99.0 Å². The van der Waals surface area contributed by atoms with E-state index < -0.39 is 22.9 Å². The molecule has 0 aliphatic carbocycles. The van der Waals surface area contributed by atoms with Crippen molar-refractivity contribution in [3.63, 3.8) is 0 Å². The molecule has 7 nitrogen and oxygen atoms in total. The summed E-state index contributed by atoms with van der Waals surface area (Å²) in [6.45, 7) is 1.74. The van der Waals surface area contributed by atoms with Gasteiger partial charge < -0.3 is 20.7 Å². The van der Waals surface area contributed by atoms with Gasteiger partial charge in [-0.25, -0.2) is 4.39 Å². The number of methoxy groups -OCH3 is 1. The Hall–Kier alpha value is -4.60. The molecule has 0 aromatic heterocycles. The van der Waals surface area contributed by atoms with E-state index in [9.17, 15) is 18.8 Å². The second kappa shape index (κ2) is 14.3. The van der Waals surface area contributed by atoms with Crippen molar-refractivity contribution in [1.29, 1.82) is 0 Å². The first-order valence-corrected chi connectivity index (χ1v) is 14.0. The third-order valence-corrected chi connectivity index (χ3v) is 7.32. The molecule has 0 heterocycles. The number of hydrogen-bond donors (Lipinski definition) is 3. The first-order valence-electron chi connectivity index (χ1n) is 12.8. The van der Waals surface area contributed by atoms with Crippen LogP contribution < -0.4 is 20.7 Å². The largest absolute Gasteiger partial charge is 0.497 e. The van der Waals surface area contributed by atoms with E-state index in [4.69, 9.17) is 16.3 Å². The Morgan fingerprint density at radius 3 is 2.29 bits per heavy atom. The number of thioether (sulfide) groups is 1. The van der Waals surface area contributed by atoms with Gasteiger partial charge in [-0.05, 0) is 85.3 Å². The summed E-state index contributed by atoms with van der Waals surface area (Å²) in [5.74, 6) is -1.18. The van der Waals surface area contributed by atoms with Crippen LogP contribution in [0.5, 0.6) is 5.75 Å². The molecule has 3 N–H and O–H groups in total. The fourth-order valence-corrected chi connectivity index (χ4v) is 4.78. The van der Waals surface area contributed by atoms with Crippen LogP contribution in [-0.4, -0.2) is 30.1 Å². The Morgan fingerprint density at radius 2 is 1.60 bits per heavy atom. The van der Waals surface area contributed by atoms with Crippen LogP contribution in [0.25, 0.3) is 6.08 Å². The number of benzene rings is 4. The summed E-state index contributed by atoms with van der Waals surface area (Å²) in [6.07, 6.45) is 1.57. The lowest BCUT2D eigenvalue weighted by atomic mass is 10.1. The first kappa shape index (κ1) is 30.4. The molecular weight excluding hydrogens is 577 g/mol. The fourth-order valence-electron chi connectivity index (χ4n) is 3.73. The van der Waals surface area contributed by atoms with Gasteiger partial charge >= 0.3 is 0 Å². The summed E-state index contributed by atoms with van der Waals surface area (Å²) in [5.41, 5.74) is 2.00. The zero-order valence-electron chi connectivity index (χ0n) is 22.7. The Kier molecular flexibility index (Phi) is 10.4. The van der Waals surface area contributed by atoms with Crippen molar-refractivity contribution in [1.82, 2.24) is 5.32 Å². The van der Waals surface area contributed by atoms with Gasteiger partial charge in [0.25, 0.3) is 11.8 Å². The zero-order valence-corrected chi connectivity index (χ0v) is 24.3. The van der Waals surface area contributed by atoms with Gasteiger partial charge in [-0.3, -0.25) is 14.4 Å². The predicted octanol–water partition coefficient (Wildman–Crippen LogP) is 7.02. The van der Waals surface area contributed by atoms with Gasteiger partial charge in [-0.15, -0.1) is 11.8 Å². The molecule has 3 amide bonds. The number of halogens is 2. The van der Waals surface area contributed by atoms with Crippen LogP contribution in [0.2, 0.25) is 5.02 Å². The molecule has 4 rings (SSSR count). The molecule has 1 atom stereocenters. The topological polar surface area (TPSA) is 96.5 Å². The lowest BCUT2D eigenvalue weighted by Crippen LogP contribution is -2.30. The van der Waals surface area contributed by atoms with Gasteiger partial charge in [0.1, 0.15) is 17.3 Å². The normalized spacial score (nSPS) is 11.8. The van der Waals surface area contributed by atoms with Gasteiger partial charge in [-0.2, -0.15) is 0 Å². The van der Waals surface area contributed by atoms with Crippen molar-refractivity contribution in [2.45, 2.75) is 17.1 Å². The Bertz CT molecular complexity index is 1610. The van der Waals surface area contributed by atoms with Crippen LogP contribution in [0.15, 0.2) is 108 Å². The summed E-state index contributed by atoms with van der Waals surface area (Å²) in [4.78, 5) is 39.5. The molecule has 0 aliphatic rings. The number of carbonyl (C=O) groups excluding carboxylic acids is 3. The summed E-state index contributed by atoms with van der Waals surface area (Å²) < 4.78 is 18.7. The fraction of sp³-hybridized carbons (Fsp3) is 0.0938. The average molecular weight is 604 g/mol. The highest BCUT2D eigenvalue weighted by atomic mass is 35.5. The van der Waals surface area contributed by atoms with Gasteiger partial charge in [0.2, 0.25) is 5.91 Å². The number of amides is 3. The number of ether oxygens (including phenoxy) is 1. The highest BCUT2D eigenvalue weighted by Gasteiger charge is 2.17. The third-order valence-electron chi connectivity index (χ3n) is 5.92. The molecule has 0 radical (unpaired) electrons. The molecule has 214 valence electrons. The van der Waals surface area contributed by atoms with E-state index in [1.165, 1.54) is 30.0 Å². The van der Waals surface area contributed by atoms with Crippen molar-refractivity contribution in [3.8, 4) is 5.75 Å². The molecular formula is C32H27ClFN3O4S. The van der Waals surface area contributed by atoms with Gasteiger partial charge in [0, 0.05) is 21.8 Å². The highest BCUT2D eigenvalue weighted by molar-refractivity contribution is 8.00. The summed E-state index contributed by atoms with van der Waals surface area (Å²) in [6, 6.07) is 26.6. The van der Waals surface area contributed by atoms with E-state index >= 15 is 0 Å². The first-order chi connectivity index (χ1) is 20.2. The molecule has 0 spiro atoms. The summed E-state index contributed by atoms with van der Waals surface area (Å²) in [5, 5.41) is 7.68. The molecule has 4 aromatic carbocycles. The minimum atomic E-state index is -0.564. The summed E-state index contributed by atoms with van der Waals surface area (Å²) >= 11 is 7.10. The monoisotopic (exact) mass is 603 g/mol. The minimum absolute atomic E-state index is 0.0433. The average Bonchev–Trinajstić information content (AvgIpc) is 3.00. The van der Waals surface area contributed by atoms with Crippen molar-refractivity contribution >= 4 is 58.5 Å². The van der Waals surface area contributed by atoms with E-state index in [0.29, 0.717) is 28.3 Å². The zero-order chi connectivity index (χ0) is 30.1. The van der Waals surface area contributed by atoms with Crippen molar-refractivity contribution < 1.29 is 23.5 Å². The van der Waals surface area contributed by atoms with Crippen molar-refractivity contribution in [2.75, 3.05) is 17.7 Å². The standard InChI is InChI=1S/C32H27ClFN3O4S/c1-20(30(38)36-24-13-16-28(34)27(33)19-24)42-26-14-11-23(12-15-26)35-32(40)29(18-21-7-6-10-25(17-21)41-2)37-31(39)22-8-4-3-5-9-22/h3-20H,1-2H3,(H,35,40)(H,36,38)(H,37,39)/b29-18-. The highest BCUT2D eigenvalue weighted by Crippen LogP contribution is 2.27. The van der Waals surface area contributed by atoms with Crippen molar-refractivity contribution in [2.24, 2.45) is 0 Å². The van der Waals surface area contributed by atoms with Gasteiger partial charge in [-0.1, -0.05) is 41.9 Å². The van der Waals surface area contributed by atoms with Crippen LogP contribution in [0.3, 0.4) is 0 Å².